The van der Waals surface area contributed by atoms with Gasteiger partial charge in [0.1, 0.15) is 0 Å². The maximum Gasteiger partial charge on any atom is 0.0704 e. The van der Waals surface area contributed by atoms with Crippen LogP contribution in [0.25, 0.3) is 0 Å². The van der Waals surface area contributed by atoms with E-state index >= 15 is 0 Å². The first-order valence-electron chi connectivity index (χ1n) is 4.70. The number of ether oxygens (including phenoxy) is 3. The van der Waals surface area contributed by atoms with Gasteiger partial charge in [0, 0.05) is 11.8 Å². The Morgan fingerprint density at radius 2 is 1.50 bits per heavy atom. The molecule has 0 aliphatic carbocycles. The highest BCUT2D eigenvalue weighted by Gasteiger charge is 1.98. The van der Waals surface area contributed by atoms with Gasteiger partial charge in [0.25, 0.3) is 0 Å². The van der Waals surface area contributed by atoms with Crippen LogP contribution in [0.15, 0.2) is 0 Å². The Bertz CT molecular complexity index is 114. The van der Waals surface area contributed by atoms with E-state index in [1.807, 2.05) is 6.92 Å². The van der Waals surface area contributed by atoms with Gasteiger partial charge in [-0.05, 0) is 6.92 Å². The molecule has 0 aromatic rings. The lowest BCUT2D eigenvalue weighted by atomic mass is 10.5. The van der Waals surface area contributed by atoms with E-state index < -0.39 is 0 Å². The van der Waals surface area contributed by atoms with E-state index in [-0.39, 0.29) is 6.10 Å². The standard InChI is InChI=1S/C9H18Cl2O3/c1-9(8-11)14-7-6-13-5-4-12-3-2-10/h9H,2-8H2,1H3. The Kier molecular flexibility index (Phi) is 11.9. The van der Waals surface area contributed by atoms with Gasteiger partial charge >= 0.3 is 0 Å². The summed E-state index contributed by atoms with van der Waals surface area (Å²) < 4.78 is 15.7. The van der Waals surface area contributed by atoms with Crippen molar-refractivity contribution in [2.24, 2.45) is 0 Å². The molecule has 14 heavy (non-hydrogen) atoms. The number of rotatable bonds is 10. The van der Waals surface area contributed by atoms with Crippen molar-refractivity contribution in [3.05, 3.63) is 0 Å². The lowest BCUT2D eigenvalue weighted by Crippen LogP contribution is -2.15. The minimum atomic E-state index is 0.0905. The fraction of sp³-hybridized carbons (Fsp3) is 1.00. The Labute approximate surface area is 95.6 Å². The molecule has 0 spiro atoms. The van der Waals surface area contributed by atoms with E-state index in [0.717, 1.165) is 0 Å². The second kappa shape index (κ2) is 11.5. The minimum absolute atomic E-state index is 0.0905. The molecule has 0 bridgehead atoms. The summed E-state index contributed by atoms with van der Waals surface area (Å²) >= 11 is 11.0. The van der Waals surface area contributed by atoms with Crippen LogP contribution in [0.4, 0.5) is 0 Å². The first-order chi connectivity index (χ1) is 6.81. The highest BCUT2D eigenvalue weighted by molar-refractivity contribution is 6.18. The van der Waals surface area contributed by atoms with Gasteiger partial charge in [-0.3, -0.25) is 0 Å². The summed E-state index contributed by atoms with van der Waals surface area (Å²) in [6, 6.07) is 0. The zero-order chi connectivity index (χ0) is 10.6. The summed E-state index contributed by atoms with van der Waals surface area (Å²) in [4.78, 5) is 0. The van der Waals surface area contributed by atoms with Crippen LogP contribution >= 0.6 is 23.2 Å². The zero-order valence-electron chi connectivity index (χ0n) is 8.51. The molecular weight excluding hydrogens is 227 g/mol. The Morgan fingerprint density at radius 1 is 0.929 bits per heavy atom. The van der Waals surface area contributed by atoms with Gasteiger partial charge in [-0.1, -0.05) is 0 Å². The van der Waals surface area contributed by atoms with Gasteiger partial charge in [-0.25, -0.2) is 0 Å². The molecule has 0 radical (unpaired) electrons. The van der Waals surface area contributed by atoms with Crippen LogP contribution in [-0.2, 0) is 14.2 Å². The van der Waals surface area contributed by atoms with E-state index in [0.29, 0.717) is 44.8 Å². The summed E-state index contributed by atoms with van der Waals surface area (Å²) in [5.74, 6) is 1.04. The summed E-state index contributed by atoms with van der Waals surface area (Å²) in [7, 11) is 0. The first-order valence-corrected chi connectivity index (χ1v) is 5.77. The van der Waals surface area contributed by atoms with E-state index in [1.54, 1.807) is 0 Å². The molecule has 0 saturated carbocycles. The molecule has 1 unspecified atom stereocenters. The predicted octanol–water partition coefficient (Wildman–Crippen LogP) is 1.90. The topological polar surface area (TPSA) is 27.7 Å². The number of hydrogen-bond acceptors (Lipinski definition) is 3. The van der Waals surface area contributed by atoms with Gasteiger partial charge in [0.05, 0.1) is 39.1 Å². The average Bonchev–Trinajstić information content (AvgIpc) is 2.21. The van der Waals surface area contributed by atoms with Crippen LogP contribution in [0.3, 0.4) is 0 Å². The fourth-order valence-corrected chi connectivity index (χ4v) is 0.927. The van der Waals surface area contributed by atoms with Crippen LogP contribution in [0.2, 0.25) is 0 Å². The lowest BCUT2D eigenvalue weighted by molar-refractivity contribution is 0.00117. The van der Waals surface area contributed by atoms with E-state index in [4.69, 9.17) is 37.4 Å². The molecule has 0 rings (SSSR count). The van der Waals surface area contributed by atoms with Crippen molar-refractivity contribution in [3.63, 3.8) is 0 Å². The molecule has 0 aliphatic heterocycles. The van der Waals surface area contributed by atoms with Crippen LogP contribution in [0.1, 0.15) is 6.92 Å². The van der Waals surface area contributed by atoms with E-state index in [9.17, 15) is 0 Å². The number of alkyl halides is 2. The Hall–Kier alpha value is 0.460. The smallest absolute Gasteiger partial charge is 0.0704 e. The second-order valence-electron chi connectivity index (χ2n) is 2.75. The molecule has 0 heterocycles. The highest BCUT2D eigenvalue weighted by Crippen LogP contribution is 1.93. The van der Waals surface area contributed by atoms with Gasteiger partial charge in [0.15, 0.2) is 0 Å². The summed E-state index contributed by atoms with van der Waals surface area (Å²) in [6.07, 6.45) is 0.0905. The van der Waals surface area contributed by atoms with Crippen LogP contribution < -0.4 is 0 Å². The maximum absolute atomic E-state index is 5.55. The van der Waals surface area contributed by atoms with Crippen molar-refractivity contribution in [2.45, 2.75) is 13.0 Å². The highest BCUT2D eigenvalue weighted by atomic mass is 35.5. The molecule has 0 fully saturated rings. The molecule has 5 heteroatoms. The molecule has 3 nitrogen and oxygen atoms in total. The third-order valence-electron chi connectivity index (χ3n) is 1.44. The number of hydrogen-bond donors (Lipinski definition) is 0. The Morgan fingerprint density at radius 3 is 2.07 bits per heavy atom. The van der Waals surface area contributed by atoms with Gasteiger partial charge in [-0.15, -0.1) is 23.2 Å². The summed E-state index contributed by atoms with van der Waals surface area (Å²) in [6.45, 7) is 4.81. The fourth-order valence-electron chi connectivity index (χ4n) is 0.729. The normalized spacial score (nSPS) is 13.1. The molecule has 0 amide bonds. The molecular formula is C9H18Cl2O3. The van der Waals surface area contributed by atoms with Crippen molar-refractivity contribution in [1.29, 1.82) is 0 Å². The molecule has 0 aliphatic rings. The lowest BCUT2D eigenvalue weighted by Gasteiger charge is -2.09. The van der Waals surface area contributed by atoms with Gasteiger partial charge in [0.2, 0.25) is 0 Å². The minimum Gasteiger partial charge on any atom is -0.378 e. The van der Waals surface area contributed by atoms with Gasteiger partial charge in [-0.2, -0.15) is 0 Å². The zero-order valence-corrected chi connectivity index (χ0v) is 10.0. The van der Waals surface area contributed by atoms with E-state index in [1.165, 1.54) is 0 Å². The van der Waals surface area contributed by atoms with Crippen molar-refractivity contribution in [3.8, 4) is 0 Å². The van der Waals surface area contributed by atoms with Crippen molar-refractivity contribution in [2.75, 3.05) is 44.8 Å². The third kappa shape index (κ3) is 10.5. The molecule has 0 aromatic heterocycles. The second-order valence-corrected chi connectivity index (χ2v) is 3.44. The van der Waals surface area contributed by atoms with Crippen molar-refractivity contribution in [1.82, 2.24) is 0 Å². The largest absolute Gasteiger partial charge is 0.378 e. The SMILES string of the molecule is CC(CCl)OCCOCCOCCCl. The predicted molar refractivity (Wildman–Crippen MR) is 58.5 cm³/mol. The van der Waals surface area contributed by atoms with Crippen LogP contribution in [0.5, 0.6) is 0 Å². The van der Waals surface area contributed by atoms with Gasteiger partial charge < -0.3 is 14.2 Å². The van der Waals surface area contributed by atoms with Crippen LogP contribution in [0, 0.1) is 0 Å². The maximum atomic E-state index is 5.55. The molecule has 1 atom stereocenters. The molecule has 0 aromatic carbocycles. The number of halogens is 2. The molecule has 0 saturated heterocycles. The monoisotopic (exact) mass is 244 g/mol. The van der Waals surface area contributed by atoms with Crippen LogP contribution in [-0.4, -0.2) is 50.9 Å². The molecule has 86 valence electrons. The van der Waals surface area contributed by atoms with Crippen molar-refractivity contribution >= 4 is 23.2 Å². The van der Waals surface area contributed by atoms with Crippen molar-refractivity contribution < 1.29 is 14.2 Å². The third-order valence-corrected chi connectivity index (χ3v) is 2.03. The Balaban J connectivity index is 2.92. The average molecular weight is 245 g/mol. The molecule has 0 N–H and O–H groups in total. The summed E-state index contributed by atoms with van der Waals surface area (Å²) in [5, 5.41) is 0. The first kappa shape index (κ1) is 14.5. The summed E-state index contributed by atoms with van der Waals surface area (Å²) in [5.41, 5.74) is 0. The van der Waals surface area contributed by atoms with E-state index in [2.05, 4.69) is 0 Å². The quantitative estimate of drug-likeness (QED) is 0.434.